The number of rotatable bonds is 3. The number of nitrogens with one attached hydrogen (secondary N) is 1. The molecule has 0 aliphatic carbocycles. The minimum atomic E-state index is -0.533. The molecule has 0 aliphatic heterocycles. The van der Waals surface area contributed by atoms with Gasteiger partial charge >= 0.3 is 0 Å². The Balaban J connectivity index is 2.02. The third-order valence-corrected chi connectivity index (χ3v) is 4.61. The van der Waals surface area contributed by atoms with E-state index in [0.29, 0.717) is 27.6 Å². The van der Waals surface area contributed by atoms with E-state index in [-0.39, 0.29) is 16.9 Å². The Bertz CT molecular complexity index is 1210. The van der Waals surface area contributed by atoms with Gasteiger partial charge in [0, 0.05) is 5.69 Å². The molecule has 0 aliphatic rings. The first kappa shape index (κ1) is 17.2. The minimum absolute atomic E-state index is 0.0217. The van der Waals surface area contributed by atoms with Crippen LogP contribution in [-0.4, -0.2) is 21.8 Å². The highest BCUT2D eigenvalue weighted by atomic mass is 35.5. The van der Waals surface area contributed by atoms with E-state index < -0.39 is 11.4 Å². The van der Waals surface area contributed by atoms with Crippen LogP contribution in [0.3, 0.4) is 0 Å². The molecule has 4 aromatic rings. The molecule has 136 valence electrons. The van der Waals surface area contributed by atoms with Crippen LogP contribution in [0.25, 0.3) is 27.8 Å². The second kappa shape index (κ2) is 6.48. The summed E-state index contributed by atoms with van der Waals surface area (Å²) in [5.74, 6) is -0.110. The van der Waals surface area contributed by atoms with Crippen molar-refractivity contribution in [2.24, 2.45) is 0 Å². The maximum Gasteiger partial charge on any atom is 0.260 e. The Kier molecular flexibility index (Phi) is 4.12. The first-order valence-electron chi connectivity index (χ1n) is 8.06. The summed E-state index contributed by atoms with van der Waals surface area (Å²) in [5.41, 5.74) is 1.08. The fourth-order valence-corrected chi connectivity index (χ4v) is 3.41. The van der Waals surface area contributed by atoms with Gasteiger partial charge in [0.05, 0.1) is 18.2 Å². The Morgan fingerprint density at radius 1 is 1.15 bits per heavy atom. The Labute approximate surface area is 158 Å². The molecular formula is C20H14ClFN2O3. The summed E-state index contributed by atoms with van der Waals surface area (Å²) in [4.78, 5) is 15.2. The summed E-state index contributed by atoms with van der Waals surface area (Å²) in [5, 5.41) is 11.2. The van der Waals surface area contributed by atoms with Crippen LogP contribution in [-0.2, 0) is 0 Å². The van der Waals surface area contributed by atoms with Crippen molar-refractivity contribution in [1.29, 1.82) is 0 Å². The number of aromatic nitrogens is 2. The predicted octanol–water partition coefficient (Wildman–Crippen LogP) is 4.49. The second-order valence-corrected chi connectivity index (χ2v) is 6.34. The number of ether oxygens (including phenoxy) is 1. The van der Waals surface area contributed by atoms with Gasteiger partial charge in [-0.3, -0.25) is 9.36 Å². The lowest BCUT2D eigenvalue weighted by atomic mass is 10.1. The normalized spacial score (nSPS) is 11.1. The van der Waals surface area contributed by atoms with Crippen molar-refractivity contribution in [2.75, 3.05) is 7.11 Å². The van der Waals surface area contributed by atoms with Gasteiger partial charge in [-0.05, 0) is 48.0 Å². The van der Waals surface area contributed by atoms with Crippen molar-refractivity contribution in [1.82, 2.24) is 9.55 Å². The van der Waals surface area contributed by atoms with Crippen LogP contribution in [0.1, 0.15) is 0 Å². The quantitative estimate of drug-likeness (QED) is 0.546. The minimum Gasteiger partial charge on any atom is -0.505 e. The van der Waals surface area contributed by atoms with Gasteiger partial charge in [-0.2, -0.15) is 0 Å². The Hall–Kier alpha value is -3.25. The number of hydrogen-bond acceptors (Lipinski definition) is 3. The first-order chi connectivity index (χ1) is 13.0. The van der Waals surface area contributed by atoms with Crippen LogP contribution < -0.4 is 10.3 Å². The third-order valence-electron chi connectivity index (χ3n) is 4.34. The number of benzene rings is 2. The Morgan fingerprint density at radius 3 is 2.56 bits per heavy atom. The fraction of sp³-hybridized carbons (Fsp3) is 0.0500. The number of methoxy groups -OCH3 is 1. The van der Waals surface area contributed by atoms with Crippen LogP contribution in [0.2, 0.25) is 5.15 Å². The topological polar surface area (TPSA) is 67.2 Å². The average molecular weight is 385 g/mol. The van der Waals surface area contributed by atoms with Crippen molar-refractivity contribution in [2.45, 2.75) is 0 Å². The molecule has 5 nitrogen and oxygen atoms in total. The zero-order chi connectivity index (χ0) is 19.1. The van der Waals surface area contributed by atoms with Crippen LogP contribution >= 0.6 is 11.6 Å². The highest BCUT2D eigenvalue weighted by Crippen LogP contribution is 2.37. The molecule has 2 heterocycles. The highest BCUT2D eigenvalue weighted by molar-refractivity contribution is 6.31. The lowest BCUT2D eigenvalue weighted by molar-refractivity contribution is 0.415. The van der Waals surface area contributed by atoms with Crippen LogP contribution in [0.15, 0.2) is 59.4 Å². The van der Waals surface area contributed by atoms with Crippen LogP contribution in [0.5, 0.6) is 11.5 Å². The zero-order valence-corrected chi connectivity index (χ0v) is 14.9. The van der Waals surface area contributed by atoms with Gasteiger partial charge in [-0.1, -0.05) is 23.7 Å². The van der Waals surface area contributed by atoms with Crippen LogP contribution in [0, 0.1) is 5.82 Å². The molecule has 2 N–H and O–H groups in total. The average Bonchev–Trinajstić information content (AvgIpc) is 2.98. The summed E-state index contributed by atoms with van der Waals surface area (Å²) in [6.45, 7) is 0. The van der Waals surface area contributed by atoms with Crippen molar-refractivity contribution in [3.05, 3.63) is 75.9 Å². The molecule has 0 amide bonds. The van der Waals surface area contributed by atoms with Crippen molar-refractivity contribution >= 4 is 22.6 Å². The van der Waals surface area contributed by atoms with E-state index in [1.54, 1.807) is 48.1 Å². The predicted molar refractivity (Wildman–Crippen MR) is 103 cm³/mol. The van der Waals surface area contributed by atoms with E-state index >= 15 is 0 Å². The number of halogens is 2. The zero-order valence-electron chi connectivity index (χ0n) is 14.2. The molecule has 0 atom stereocenters. The summed E-state index contributed by atoms with van der Waals surface area (Å²) in [7, 11) is 1.56. The molecule has 0 saturated carbocycles. The van der Waals surface area contributed by atoms with E-state index in [9.17, 15) is 14.3 Å². The van der Waals surface area contributed by atoms with Crippen molar-refractivity contribution in [3.8, 4) is 28.3 Å². The molecular weight excluding hydrogens is 371 g/mol. The number of hydrogen-bond donors (Lipinski definition) is 2. The molecule has 0 bridgehead atoms. The van der Waals surface area contributed by atoms with Gasteiger partial charge in [0.15, 0.2) is 5.75 Å². The maximum atomic E-state index is 13.6. The lowest BCUT2D eigenvalue weighted by Gasteiger charge is -2.11. The van der Waals surface area contributed by atoms with Crippen LogP contribution in [0.4, 0.5) is 4.39 Å². The molecule has 0 fully saturated rings. The molecule has 27 heavy (non-hydrogen) atoms. The van der Waals surface area contributed by atoms with Gasteiger partial charge in [0.25, 0.3) is 5.56 Å². The molecule has 0 saturated heterocycles. The smallest absolute Gasteiger partial charge is 0.260 e. The summed E-state index contributed by atoms with van der Waals surface area (Å²) in [6.07, 6.45) is 0. The van der Waals surface area contributed by atoms with Gasteiger partial charge in [0.2, 0.25) is 0 Å². The van der Waals surface area contributed by atoms with E-state index in [0.717, 1.165) is 0 Å². The van der Waals surface area contributed by atoms with E-state index in [1.807, 2.05) is 0 Å². The van der Waals surface area contributed by atoms with Crippen molar-refractivity contribution in [3.63, 3.8) is 0 Å². The molecule has 0 unspecified atom stereocenters. The molecule has 0 spiro atoms. The van der Waals surface area contributed by atoms with E-state index in [4.69, 9.17) is 16.3 Å². The maximum absolute atomic E-state index is 13.6. The monoisotopic (exact) mass is 384 g/mol. The highest BCUT2D eigenvalue weighted by Gasteiger charge is 2.20. The number of pyridine rings is 1. The van der Waals surface area contributed by atoms with Gasteiger partial charge < -0.3 is 14.8 Å². The summed E-state index contributed by atoms with van der Waals surface area (Å²) >= 11 is 6.36. The number of nitrogens with zero attached hydrogens (tertiary/aromatic N) is 1. The molecule has 2 aromatic carbocycles. The third kappa shape index (κ3) is 2.84. The van der Waals surface area contributed by atoms with Gasteiger partial charge in [-0.15, -0.1) is 0 Å². The summed E-state index contributed by atoms with van der Waals surface area (Å²) < 4.78 is 20.4. The largest absolute Gasteiger partial charge is 0.505 e. The number of H-pyrrole nitrogens is 1. The SMILES string of the molecule is COc1ccc(-n2c(Cl)cc3[nH]c(=O)c(-c4cccc(F)c4)c(O)c32)cc1. The summed E-state index contributed by atoms with van der Waals surface area (Å²) in [6, 6.07) is 14.1. The second-order valence-electron chi connectivity index (χ2n) is 5.95. The van der Waals surface area contributed by atoms with E-state index in [1.165, 1.54) is 18.2 Å². The molecule has 7 heteroatoms. The Morgan fingerprint density at radius 2 is 1.89 bits per heavy atom. The standard InChI is InChI=1S/C20H14ClFN2O3/c1-27-14-7-5-13(6-8-14)24-16(21)10-15-18(24)19(25)17(20(26)23-15)11-3-2-4-12(22)9-11/h2-10H,1H3,(H2,23,25,26). The molecule has 0 radical (unpaired) electrons. The fourth-order valence-electron chi connectivity index (χ4n) is 3.11. The number of fused-ring (bicyclic) bond motifs is 1. The van der Waals surface area contributed by atoms with E-state index in [2.05, 4.69) is 4.98 Å². The number of aromatic amines is 1. The first-order valence-corrected chi connectivity index (χ1v) is 8.44. The van der Waals surface area contributed by atoms with Gasteiger partial charge in [-0.25, -0.2) is 4.39 Å². The molecule has 2 aromatic heterocycles. The lowest BCUT2D eigenvalue weighted by Crippen LogP contribution is -2.10. The number of aromatic hydroxyl groups is 1. The van der Waals surface area contributed by atoms with Crippen molar-refractivity contribution < 1.29 is 14.2 Å². The molecule has 4 rings (SSSR count). The van der Waals surface area contributed by atoms with Gasteiger partial charge in [0.1, 0.15) is 22.2 Å².